The molecule has 198 valence electrons. The smallest absolute Gasteiger partial charge is 0.255 e. The highest BCUT2D eigenvalue weighted by molar-refractivity contribution is 6.33. The molecule has 2 aliphatic heterocycles. The van der Waals surface area contributed by atoms with Crippen LogP contribution in [-0.4, -0.2) is 68.3 Å². The van der Waals surface area contributed by atoms with Gasteiger partial charge in [0.15, 0.2) is 0 Å². The lowest BCUT2D eigenvalue weighted by Crippen LogP contribution is -2.56. The van der Waals surface area contributed by atoms with Crippen molar-refractivity contribution < 1.29 is 14.4 Å². The highest BCUT2D eigenvalue weighted by Gasteiger charge is 2.44. The van der Waals surface area contributed by atoms with E-state index >= 15 is 0 Å². The summed E-state index contributed by atoms with van der Waals surface area (Å²) < 4.78 is 1.75. The molecule has 2 bridgehead atoms. The maximum absolute atomic E-state index is 14.0. The summed E-state index contributed by atoms with van der Waals surface area (Å²) in [7, 11) is 0. The molecule has 3 aromatic rings. The fraction of sp³-hybridized carbons (Fsp3) is 0.407. The topological polar surface area (TPSA) is 122 Å². The maximum atomic E-state index is 14.0. The Labute approximate surface area is 225 Å². The van der Waals surface area contributed by atoms with Crippen LogP contribution >= 0.6 is 11.6 Å². The van der Waals surface area contributed by atoms with Crippen molar-refractivity contribution in [1.29, 1.82) is 0 Å². The SMILES string of the molecule is O=C1NCCCn2cc(nn2)CC2(CCN(C(=O)c3ccncc3Cl)CC2)C(=O)N[C@H]1Cc1ccccc1. The second-order valence-corrected chi connectivity index (χ2v) is 10.3. The lowest BCUT2D eigenvalue weighted by Gasteiger charge is -2.41. The Balaban J connectivity index is 1.40. The van der Waals surface area contributed by atoms with Crippen LogP contribution in [0.15, 0.2) is 55.0 Å². The minimum absolute atomic E-state index is 0.190. The van der Waals surface area contributed by atoms with Gasteiger partial charge in [0.2, 0.25) is 11.8 Å². The van der Waals surface area contributed by atoms with Crippen molar-refractivity contribution in [3.8, 4) is 0 Å². The highest BCUT2D eigenvalue weighted by atomic mass is 35.5. The zero-order valence-corrected chi connectivity index (χ0v) is 21.7. The van der Waals surface area contributed by atoms with Gasteiger partial charge in [-0.15, -0.1) is 5.10 Å². The fourth-order valence-electron chi connectivity index (χ4n) is 5.16. The van der Waals surface area contributed by atoms with Crippen LogP contribution in [0, 0.1) is 5.41 Å². The molecular formula is C27H30ClN7O3. The quantitative estimate of drug-likeness (QED) is 0.529. The molecule has 3 amide bonds. The number of pyridine rings is 1. The van der Waals surface area contributed by atoms with Crippen molar-refractivity contribution in [3.63, 3.8) is 0 Å². The first kappa shape index (κ1) is 25.8. The summed E-state index contributed by atoms with van der Waals surface area (Å²) in [5.41, 5.74) is 1.22. The maximum Gasteiger partial charge on any atom is 0.255 e. The molecule has 2 aliphatic rings. The minimum Gasteiger partial charge on any atom is -0.354 e. The van der Waals surface area contributed by atoms with Gasteiger partial charge in [-0.3, -0.25) is 24.0 Å². The number of carbonyl (C=O) groups is 3. The molecule has 0 unspecified atom stereocenters. The van der Waals surface area contributed by atoms with Gasteiger partial charge in [-0.1, -0.05) is 47.1 Å². The standard InChI is InChI=1S/C27H30ClN7O3/c28-22-17-29-11-7-21(22)25(37)34-13-8-27(9-14-34)16-20-18-35(33-32-20)12-4-10-30-24(36)23(31-26(27)38)15-19-5-2-1-3-6-19/h1-3,5-7,11,17-18,23H,4,8-10,12-16H2,(H,30,36)(H,31,38)/t23-/m0/s1. The first-order valence-electron chi connectivity index (χ1n) is 12.8. The van der Waals surface area contributed by atoms with Gasteiger partial charge in [0.25, 0.3) is 5.91 Å². The van der Waals surface area contributed by atoms with Crippen molar-refractivity contribution in [2.24, 2.45) is 5.41 Å². The number of likely N-dealkylation sites (tertiary alicyclic amines) is 1. The average molecular weight is 536 g/mol. The van der Waals surface area contributed by atoms with Crippen LogP contribution in [-0.2, 0) is 29.0 Å². The van der Waals surface area contributed by atoms with Crippen molar-refractivity contribution in [1.82, 2.24) is 35.5 Å². The highest BCUT2D eigenvalue weighted by Crippen LogP contribution is 2.36. The Morgan fingerprint density at radius 1 is 1.11 bits per heavy atom. The number of aryl methyl sites for hydroxylation is 1. The number of nitrogens with zero attached hydrogens (tertiary/aromatic N) is 5. The number of hydrogen-bond donors (Lipinski definition) is 2. The molecule has 2 N–H and O–H groups in total. The van der Waals surface area contributed by atoms with Crippen molar-refractivity contribution in [2.75, 3.05) is 19.6 Å². The monoisotopic (exact) mass is 535 g/mol. The predicted molar refractivity (Wildman–Crippen MR) is 140 cm³/mol. The zero-order valence-electron chi connectivity index (χ0n) is 21.0. The molecule has 5 rings (SSSR count). The Morgan fingerprint density at radius 3 is 2.66 bits per heavy atom. The molecular weight excluding hydrogens is 506 g/mol. The lowest BCUT2D eigenvalue weighted by atomic mass is 9.73. The van der Waals surface area contributed by atoms with E-state index in [4.69, 9.17) is 11.6 Å². The van der Waals surface area contributed by atoms with Crippen molar-refractivity contribution in [2.45, 2.75) is 44.7 Å². The summed E-state index contributed by atoms with van der Waals surface area (Å²) in [4.78, 5) is 46.0. The molecule has 4 heterocycles. The number of piperidine rings is 1. The number of hydrogen-bond acceptors (Lipinski definition) is 6. The van der Waals surface area contributed by atoms with E-state index in [0.29, 0.717) is 68.9 Å². The van der Waals surface area contributed by atoms with E-state index in [-0.39, 0.29) is 17.7 Å². The number of carbonyl (C=O) groups excluding carboxylic acids is 3. The Kier molecular flexibility index (Phi) is 7.69. The molecule has 11 heteroatoms. The minimum atomic E-state index is -0.844. The second-order valence-electron chi connectivity index (χ2n) is 9.94. The summed E-state index contributed by atoms with van der Waals surface area (Å²) in [6.45, 7) is 1.82. The number of amides is 3. The van der Waals surface area contributed by atoms with E-state index < -0.39 is 11.5 Å². The van der Waals surface area contributed by atoms with Crippen LogP contribution in [0.1, 0.15) is 40.9 Å². The molecule has 2 aromatic heterocycles. The summed E-state index contributed by atoms with van der Waals surface area (Å²) in [5.74, 6) is -0.615. The summed E-state index contributed by atoms with van der Waals surface area (Å²) in [6.07, 6.45) is 7.13. The molecule has 38 heavy (non-hydrogen) atoms. The first-order chi connectivity index (χ1) is 18.4. The van der Waals surface area contributed by atoms with Crippen LogP contribution in [0.4, 0.5) is 0 Å². The first-order valence-corrected chi connectivity index (χ1v) is 13.2. The molecule has 1 fully saturated rings. The number of aromatic nitrogens is 4. The normalized spacial score (nSPS) is 20.0. The van der Waals surface area contributed by atoms with Crippen LogP contribution in [0.2, 0.25) is 5.02 Å². The predicted octanol–water partition coefficient (Wildman–Crippen LogP) is 2.04. The summed E-state index contributed by atoms with van der Waals surface area (Å²) in [6, 6.07) is 10.5. The third-order valence-corrected chi connectivity index (χ3v) is 7.67. The van der Waals surface area contributed by atoms with E-state index in [0.717, 1.165) is 11.3 Å². The average Bonchev–Trinajstić information content (AvgIpc) is 3.38. The number of rotatable bonds is 3. The summed E-state index contributed by atoms with van der Waals surface area (Å²) in [5, 5.41) is 14.9. The van der Waals surface area contributed by atoms with Gasteiger partial charge < -0.3 is 15.5 Å². The van der Waals surface area contributed by atoms with Crippen LogP contribution in [0.25, 0.3) is 0 Å². The number of halogens is 1. The Morgan fingerprint density at radius 2 is 1.89 bits per heavy atom. The van der Waals surface area contributed by atoms with E-state index in [2.05, 4.69) is 25.9 Å². The van der Waals surface area contributed by atoms with Gasteiger partial charge in [0.1, 0.15) is 6.04 Å². The molecule has 0 radical (unpaired) electrons. The fourth-order valence-corrected chi connectivity index (χ4v) is 5.36. The zero-order chi connectivity index (χ0) is 26.5. The molecule has 1 spiro atoms. The molecule has 1 atom stereocenters. The third-order valence-electron chi connectivity index (χ3n) is 7.37. The van der Waals surface area contributed by atoms with Crippen LogP contribution in [0.5, 0.6) is 0 Å². The number of fused-ring (bicyclic) bond motifs is 2. The van der Waals surface area contributed by atoms with Gasteiger partial charge in [-0.25, -0.2) is 0 Å². The molecule has 1 aromatic carbocycles. The third kappa shape index (κ3) is 5.70. The van der Waals surface area contributed by atoms with Gasteiger partial charge in [-0.05, 0) is 30.9 Å². The Bertz CT molecular complexity index is 1300. The molecule has 10 nitrogen and oxygen atoms in total. The van der Waals surface area contributed by atoms with Crippen molar-refractivity contribution in [3.05, 3.63) is 76.8 Å². The van der Waals surface area contributed by atoms with Gasteiger partial charge in [0, 0.05) is 57.6 Å². The Hall–Kier alpha value is -3.79. The van der Waals surface area contributed by atoms with E-state index in [1.54, 1.807) is 15.6 Å². The van der Waals surface area contributed by atoms with Crippen LogP contribution in [0.3, 0.4) is 0 Å². The van der Waals surface area contributed by atoms with Gasteiger partial charge >= 0.3 is 0 Å². The lowest BCUT2D eigenvalue weighted by molar-refractivity contribution is -0.137. The van der Waals surface area contributed by atoms with Gasteiger partial charge in [-0.2, -0.15) is 0 Å². The van der Waals surface area contributed by atoms with Gasteiger partial charge in [0.05, 0.1) is 21.7 Å². The molecule has 0 aliphatic carbocycles. The van der Waals surface area contributed by atoms with Crippen LogP contribution < -0.4 is 10.6 Å². The number of benzene rings is 1. The molecule has 0 saturated carbocycles. The van der Waals surface area contributed by atoms with E-state index in [1.807, 2.05) is 36.5 Å². The number of nitrogens with one attached hydrogen (secondary N) is 2. The summed E-state index contributed by atoms with van der Waals surface area (Å²) >= 11 is 6.21. The largest absolute Gasteiger partial charge is 0.354 e. The van der Waals surface area contributed by atoms with E-state index in [9.17, 15) is 14.4 Å². The van der Waals surface area contributed by atoms with E-state index in [1.165, 1.54) is 12.4 Å². The second kappa shape index (κ2) is 11.3. The molecule has 1 saturated heterocycles. The van der Waals surface area contributed by atoms with Crippen molar-refractivity contribution >= 4 is 29.3 Å².